The number of carbonyl (C=O) groups excluding carboxylic acids is 2. The van der Waals surface area contributed by atoms with E-state index in [9.17, 15) is 9.59 Å². The molecule has 7 nitrogen and oxygen atoms in total. The van der Waals surface area contributed by atoms with Crippen LogP contribution in [0.15, 0.2) is 18.2 Å². The molecule has 0 aliphatic heterocycles. The van der Waals surface area contributed by atoms with Crippen molar-refractivity contribution in [2.45, 2.75) is 19.9 Å². The molecule has 2 amide bonds. The Morgan fingerprint density at radius 1 is 1.43 bits per heavy atom. The van der Waals surface area contributed by atoms with Crippen LogP contribution in [0.3, 0.4) is 0 Å². The van der Waals surface area contributed by atoms with Crippen LogP contribution in [0, 0.1) is 0 Å². The van der Waals surface area contributed by atoms with Crippen molar-refractivity contribution in [2.24, 2.45) is 5.73 Å². The summed E-state index contributed by atoms with van der Waals surface area (Å²) in [7, 11) is 1.54. The summed E-state index contributed by atoms with van der Waals surface area (Å²) in [4.78, 5) is 24.9. The van der Waals surface area contributed by atoms with Crippen LogP contribution < -0.4 is 21.5 Å². The summed E-state index contributed by atoms with van der Waals surface area (Å²) in [6.45, 7) is 4.13. The molecule has 21 heavy (non-hydrogen) atoms. The molecule has 116 valence electrons. The SMILES string of the molecule is CCN(CC(N)=O)C(C)C(=O)Nc1ccc(OC)cc1N. The Morgan fingerprint density at radius 2 is 2.10 bits per heavy atom. The molecule has 0 aliphatic carbocycles. The summed E-state index contributed by atoms with van der Waals surface area (Å²) < 4.78 is 5.05. The lowest BCUT2D eigenvalue weighted by atomic mass is 10.2. The van der Waals surface area contributed by atoms with Crippen molar-refractivity contribution in [2.75, 3.05) is 31.2 Å². The first-order chi connectivity index (χ1) is 9.88. The van der Waals surface area contributed by atoms with Gasteiger partial charge in [0.1, 0.15) is 5.75 Å². The Morgan fingerprint density at radius 3 is 2.57 bits per heavy atom. The number of anilines is 2. The molecule has 0 fully saturated rings. The van der Waals surface area contributed by atoms with Crippen LogP contribution in [0.5, 0.6) is 5.75 Å². The Balaban J connectivity index is 2.77. The quantitative estimate of drug-likeness (QED) is 0.631. The number of amides is 2. The second-order valence-electron chi connectivity index (χ2n) is 4.65. The number of nitrogens with two attached hydrogens (primary N) is 2. The molecule has 0 saturated carbocycles. The highest BCUT2D eigenvalue weighted by Gasteiger charge is 2.21. The number of hydrogen-bond donors (Lipinski definition) is 3. The van der Waals surface area contributed by atoms with Crippen molar-refractivity contribution < 1.29 is 14.3 Å². The second-order valence-corrected chi connectivity index (χ2v) is 4.65. The lowest BCUT2D eigenvalue weighted by Crippen LogP contribution is -2.45. The van der Waals surface area contributed by atoms with E-state index < -0.39 is 11.9 Å². The van der Waals surface area contributed by atoms with Gasteiger partial charge in [0.15, 0.2) is 0 Å². The van der Waals surface area contributed by atoms with E-state index >= 15 is 0 Å². The fraction of sp³-hybridized carbons (Fsp3) is 0.429. The molecule has 7 heteroatoms. The summed E-state index contributed by atoms with van der Waals surface area (Å²) in [5.41, 5.74) is 11.9. The molecule has 0 saturated heterocycles. The van der Waals surface area contributed by atoms with Crippen molar-refractivity contribution in [3.05, 3.63) is 18.2 Å². The third kappa shape index (κ3) is 4.64. The van der Waals surface area contributed by atoms with Gasteiger partial charge < -0.3 is 21.5 Å². The third-order valence-corrected chi connectivity index (χ3v) is 3.21. The molecule has 0 radical (unpaired) electrons. The van der Waals surface area contributed by atoms with Crippen molar-refractivity contribution in [3.8, 4) is 5.75 Å². The van der Waals surface area contributed by atoms with Crippen molar-refractivity contribution in [1.29, 1.82) is 0 Å². The van der Waals surface area contributed by atoms with Crippen LogP contribution in [-0.4, -0.2) is 43.0 Å². The van der Waals surface area contributed by atoms with Gasteiger partial charge in [-0.2, -0.15) is 0 Å². The maximum atomic E-state index is 12.2. The molecule has 1 atom stereocenters. The minimum absolute atomic E-state index is 0.0309. The van der Waals surface area contributed by atoms with Gasteiger partial charge in [-0.05, 0) is 25.6 Å². The monoisotopic (exact) mass is 294 g/mol. The van der Waals surface area contributed by atoms with Crippen LogP contribution in [0.1, 0.15) is 13.8 Å². The van der Waals surface area contributed by atoms with Gasteiger partial charge in [-0.1, -0.05) is 6.92 Å². The highest BCUT2D eigenvalue weighted by molar-refractivity contribution is 5.97. The normalized spacial score (nSPS) is 12.0. The number of benzene rings is 1. The minimum Gasteiger partial charge on any atom is -0.497 e. The Labute approximate surface area is 124 Å². The number of ether oxygens (including phenoxy) is 1. The van der Waals surface area contributed by atoms with E-state index in [-0.39, 0.29) is 12.5 Å². The molecule has 5 N–H and O–H groups in total. The fourth-order valence-electron chi connectivity index (χ4n) is 1.91. The molecular formula is C14H22N4O3. The van der Waals surface area contributed by atoms with Crippen molar-refractivity contribution in [3.63, 3.8) is 0 Å². The summed E-state index contributed by atoms with van der Waals surface area (Å²) in [6.07, 6.45) is 0. The van der Waals surface area contributed by atoms with E-state index in [4.69, 9.17) is 16.2 Å². The van der Waals surface area contributed by atoms with E-state index in [1.807, 2.05) is 6.92 Å². The molecular weight excluding hydrogens is 272 g/mol. The molecule has 1 rings (SSSR count). The Bertz CT molecular complexity index is 519. The van der Waals surface area contributed by atoms with Gasteiger partial charge in [0.2, 0.25) is 11.8 Å². The molecule has 0 heterocycles. The van der Waals surface area contributed by atoms with E-state index in [2.05, 4.69) is 5.32 Å². The summed E-state index contributed by atoms with van der Waals surface area (Å²) >= 11 is 0. The summed E-state index contributed by atoms with van der Waals surface area (Å²) in [5, 5.41) is 2.74. The number of rotatable bonds is 7. The van der Waals surface area contributed by atoms with E-state index in [0.29, 0.717) is 23.7 Å². The first kappa shape index (κ1) is 16.8. The number of hydrogen-bond acceptors (Lipinski definition) is 5. The zero-order chi connectivity index (χ0) is 16.0. The average Bonchev–Trinajstić information content (AvgIpc) is 2.45. The molecule has 0 aromatic heterocycles. The Kier molecular flexibility index (Phi) is 5.98. The average molecular weight is 294 g/mol. The predicted octanol–water partition coefficient (Wildman–Crippen LogP) is 0.412. The van der Waals surface area contributed by atoms with Gasteiger partial charge in [0, 0.05) is 6.07 Å². The lowest BCUT2D eigenvalue weighted by molar-refractivity contribution is -0.123. The zero-order valence-corrected chi connectivity index (χ0v) is 12.6. The van der Waals surface area contributed by atoms with E-state index in [0.717, 1.165) is 0 Å². The summed E-state index contributed by atoms with van der Waals surface area (Å²) in [6, 6.07) is 4.51. The number of nitrogens with one attached hydrogen (secondary N) is 1. The van der Waals surface area contributed by atoms with Crippen LogP contribution in [0.2, 0.25) is 0 Å². The number of likely N-dealkylation sites (N-methyl/N-ethyl adjacent to an activating group) is 1. The highest BCUT2D eigenvalue weighted by Crippen LogP contribution is 2.24. The van der Waals surface area contributed by atoms with Crippen molar-refractivity contribution in [1.82, 2.24) is 4.90 Å². The molecule has 1 unspecified atom stereocenters. The topological polar surface area (TPSA) is 111 Å². The lowest BCUT2D eigenvalue weighted by Gasteiger charge is -2.25. The summed E-state index contributed by atoms with van der Waals surface area (Å²) in [5.74, 6) is -0.113. The maximum Gasteiger partial charge on any atom is 0.241 e. The van der Waals surface area contributed by atoms with Crippen molar-refractivity contribution >= 4 is 23.2 Å². The van der Waals surface area contributed by atoms with Crippen LogP contribution in [0.25, 0.3) is 0 Å². The fourth-order valence-corrected chi connectivity index (χ4v) is 1.91. The van der Waals surface area contributed by atoms with Gasteiger partial charge in [-0.3, -0.25) is 14.5 Å². The standard InChI is InChI=1S/C14H22N4O3/c1-4-18(8-13(16)19)9(2)14(20)17-12-6-5-10(21-3)7-11(12)15/h5-7,9H,4,8,15H2,1-3H3,(H2,16,19)(H,17,20). The third-order valence-electron chi connectivity index (χ3n) is 3.21. The largest absolute Gasteiger partial charge is 0.497 e. The minimum atomic E-state index is -0.496. The van der Waals surface area contributed by atoms with Crippen LogP contribution >= 0.6 is 0 Å². The first-order valence-electron chi connectivity index (χ1n) is 6.65. The molecule has 1 aromatic rings. The number of primary amides is 1. The predicted molar refractivity (Wildman–Crippen MR) is 81.9 cm³/mol. The Hall–Kier alpha value is -2.28. The highest BCUT2D eigenvalue weighted by atomic mass is 16.5. The van der Waals surface area contributed by atoms with E-state index in [1.54, 1.807) is 30.0 Å². The number of nitrogens with zero attached hydrogens (tertiary/aromatic N) is 1. The van der Waals surface area contributed by atoms with Gasteiger partial charge in [-0.15, -0.1) is 0 Å². The number of methoxy groups -OCH3 is 1. The van der Waals surface area contributed by atoms with Crippen LogP contribution in [0.4, 0.5) is 11.4 Å². The first-order valence-corrected chi connectivity index (χ1v) is 6.65. The van der Waals surface area contributed by atoms with Gasteiger partial charge in [0.25, 0.3) is 0 Å². The van der Waals surface area contributed by atoms with E-state index in [1.165, 1.54) is 7.11 Å². The second kappa shape index (κ2) is 7.49. The number of nitrogen functional groups attached to an aromatic ring is 1. The maximum absolute atomic E-state index is 12.2. The zero-order valence-electron chi connectivity index (χ0n) is 12.6. The molecule has 0 aliphatic rings. The molecule has 0 bridgehead atoms. The van der Waals surface area contributed by atoms with Gasteiger partial charge >= 0.3 is 0 Å². The van der Waals surface area contributed by atoms with Gasteiger partial charge in [0.05, 0.1) is 31.1 Å². The van der Waals surface area contributed by atoms with Gasteiger partial charge in [-0.25, -0.2) is 0 Å². The van der Waals surface area contributed by atoms with Crippen LogP contribution in [-0.2, 0) is 9.59 Å². The molecule has 0 spiro atoms. The number of carbonyl (C=O) groups is 2. The smallest absolute Gasteiger partial charge is 0.241 e. The molecule has 1 aromatic carbocycles.